The Morgan fingerprint density at radius 2 is 1.77 bits per heavy atom. The molecule has 1 amide bonds. The van der Waals surface area contributed by atoms with Gasteiger partial charge in [-0.3, -0.25) is 4.79 Å². The molecule has 0 radical (unpaired) electrons. The summed E-state index contributed by atoms with van der Waals surface area (Å²) in [6.45, 7) is 6.54. The molecular formula is C24H28ClN3O7. The molecule has 1 N–H and O–H groups in total. The molecule has 0 aliphatic rings. The Labute approximate surface area is 208 Å². The molecule has 0 atom stereocenters. The van der Waals surface area contributed by atoms with Gasteiger partial charge in [-0.25, -0.2) is 0 Å². The summed E-state index contributed by atoms with van der Waals surface area (Å²) in [5, 5.41) is 3.32. The quantitative estimate of drug-likeness (QED) is 0.349. The molecule has 0 saturated heterocycles. The van der Waals surface area contributed by atoms with E-state index >= 15 is 0 Å². The minimum atomic E-state index is -0.580. The van der Waals surface area contributed by atoms with Crippen LogP contribution < -0.4 is 24.3 Å². The van der Waals surface area contributed by atoms with E-state index in [1.165, 1.54) is 20.3 Å². The van der Waals surface area contributed by atoms with Crippen LogP contribution in [-0.2, 0) is 4.74 Å². The minimum absolute atomic E-state index is 0.000210. The molecular weight excluding hydrogens is 478 g/mol. The average molecular weight is 506 g/mol. The maximum absolute atomic E-state index is 12.9. The summed E-state index contributed by atoms with van der Waals surface area (Å²) in [4.78, 5) is 21.2. The van der Waals surface area contributed by atoms with Crippen molar-refractivity contribution < 1.29 is 32.9 Å². The van der Waals surface area contributed by atoms with Gasteiger partial charge in [0.05, 0.1) is 20.8 Å². The van der Waals surface area contributed by atoms with Gasteiger partial charge in [0, 0.05) is 18.2 Å². The predicted molar refractivity (Wildman–Crippen MR) is 130 cm³/mol. The number of aryl methyl sites for hydroxylation is 1. The molecule has 0 saturated carbocycles. The maximum Gasteiger partial charge on any atom is 0.323 e. The van der Waals surface area contributed by atoms with Crippen LogP contribution in [0.5, 0.6) is 29.5 Å². The summed E-state index contributed by atoms with van der Waals surface area (Å²) in [5.74, 6) is 0.473. The van der Waals surface area contributed by atoms with Gasteiger partial charge in [0.1, 0.15) is 12.4 Å². The van der Waals surface area contributed by atoms with Crippen molar-refractivity contribution in [3.63, 3.8) is 0 Å². The van der Waals surface area contributed by atoms with Crippen LogP contribution in [0, 0.1) is 6.92 Å². The molecule has 1 aromatic carbocycles. The second-order valence-electron chi connectivity index (χ2n) is 7.71. The molecule has 0 bridgehead atoms. The molecule has 0 aliphatic carbocycles. The zero-order chi connectivity index (χ0) is 25.5. The van der Waals surface area contributed by atoms with Gasteiger partial charge in [0.25, 0.3) is 11.9 Å². The number of hydrogen-bond donors (Lipinski definition) is 1. The molecule has 0 aliphatic heterocycles. The van der Waals surface area contributed by atoms with E-state index in [0.717, 1.165) is 11.1 Å². The summed E-state index contributed by atoms with van der Waals surface area (Å²) >= 11 is 6.34. The van der Waals surface area contributed by atoms with Crippen molar-refractivity contribution in [3.8, 4) is 29.5 Å². The highest BCUT2D eigenvalue weighted by Gasteiger charge is 2.22. The number of hydrogen-bond acceptors (Lipinski definition) is 9. The number of aromatic nitrogens is 2. The molecule has 3 aromatic rings. The lowest BCUT2D eigenvalue weighted by molar-refractivity contribution is 0.0990. The van der Waals surface area contributed by atoms with E-state index in [0.29, 0.717) is 17.4 Å². The molecule has 10 nitrogen and oxygen atoms in total. The highest BCUT2D eigenvalue weighted by molar-refractivity contribution is 6.31. The topological polar surface area (TPSA) is 114 Å². The maximum atomic E-state index is 12.9. The highest BCUT2D eigenvalue weighted by atomic mass is 35.5. The van der Waals surface area contributed by atoms with Crippen molar-refractivity contribution in [2.45, 2.75) is 26.7 Å². The fraction of sp³-hybridized carbons (Fsp3) is 0.375. The standard InChI is InChI=1S/C24H28ClN3O7/c1-13(2)15-12-18(14(3)11-16(15)25)35-19-8-7-17(34-19)21(29)26-20-22(31-5)27-24(28-23(20)32-6)33-10-9-30-4/h7-8,11-13H,9-10H2,1-6H3,(H,26,29). The van der Waals surface area contributed by atoms with Gasteiger partial charge in [-0.15, -0.1) is 0 Å². The van der Waals surface area contributed by atoms with E-state index in [1.807, 2.05) is 32.9 Å². The number of amides is 1. The second kappa shape index (κ2) is 11.8. The Balaban J connectivity index is 1.79. The number of carbonyl (C=O) groups excluding carboxylic acids is 1. The largest absolute Gasteiger partial charge is 0.479 e. The van der Waals surface area contributed by atoms with E-state index in [4.69, 9.17) is 39.7 Å². The van der Waals surface area contributed by atoms with Crippen LogP contribution in [0.4, 0.5) is 5.69 Å². The average Bonchev–Trinajstić information content (AvgIpc) is 3.30. The van der Waals surface area contributed by atoms with Crippen LogP contribution >= 0.6 is 11.6 Å². The first-order valence-corrected chi connectivity index (χ1v) is 11.2. The van der Waals surface area contributed by atoms with Gasteiger partial charge in [0.2, 0.25) is 11.8 Å². The second-order valence-corrected chi connectivity index (χ2v) is 8.12. The molecule has 3 rings (SSSR count). The molecule has 2 heterocycles. The molecule has 188 valence electrons. The smallest absolute Gasteiger partial charge is 0.323 e. The monoisotopic (exact) mass is 505 g/mol. The lowest BCUT2D eigenvalue weighted by Crippen LogP contribution is -2.15. The number of ether oxygens (including phenoxy) is 5. The summed E-state index contributed by atoms with van der Waals surface area (Å²) < 4.78 is 32.4. The summed E-state index contributed by atoms with van der Waals surface area (Å²) in [6.07, 6.45) is 0. The Morgan fingerprint density at radius 1 is 1.09 bits per heavy atom. The number of anilines is 1. The fourth-order valence-electron chi connectivity index (χ4n) is 3.09. The van der Waals surface area contributed by atoms with Crippen LogP contribution in [0.3, 0.4) is 0 Å². The van der Waals surface area contributed by atoms with Crippen LogP contribution in [-0.4, -0.2) is 50.4 Å². The summed E-state index contributed by atoms with van der Waals surface area (Å²) in [5.41, 5.74) is 1.90. The first kappa shape index (κ1) is 26.1. The number of nitrogens with zero attached hydrogens (tertiary/aromatic N) is 2. The highest BCUT2D eigenvalue weighted by Crippen LogP contribution is 2.36. The van der Waals surface area contributed by atoms with Gasteiger partial charge in [-0.2, -0.15) is 9.97 Å². The number of rotatable bonds is 11. The van der Waals surface area contributed by atoms with Crippen LogP contribution in [0.1, 0.15) is 41.4 Å². The Morgan fingerprint density at radius 3 is 2.37 bits per heavy atom. The van der Waals surface area contributed by atoms with Gasteiger partial charge < -0.3 is 33.4 Å². The van der Waals surface area contributed by atoms with E-state index in [-0.39, 0.29) is 47.7 Å². The molecule has 0 unspecified atom stereocenters. The van der Waals surface area contributed by atoms with Crippen molar-refractivity contribution in [1.82, 2.24) is 9.97 Å². The zero-order valence-electron chi connectivity index (χ0n) is 20.4. The Kier molecular flexibility index (Phi) is 8.78. The van der Waals surface area contributed by atoms with Crippen molar-refractivity contribution in [3.05, 3.63) is 46.2 Å². The number of carbonyl (C=O) groups is 1. The molecule has 11 heteroatoms. The lowest BCUT2D eigenvalue weighted by atomic mass is 10.0. The van der Waals surface area contributed by atoms with Crippen LogP contribution in [0.2, 0.25) is 5.02 Å². The number of furan rings is 1. The normalized spacial score (nSPS) is 10.9. The third-order valence-electron chi connectivity index (χ3n) is 4.90. The summed E-state index contributed by atoms with van der Waals surface area (Å²) in [7, 11) is 4.35. The zero-order valence-corrected chi connectivity index (χ0v) is 21.2. The number of benzene rings is 1. The van der Waals surface area contributed by atoms with Crippen LogP contribution in [0.25, 0.3) is 0 Å². The number of nitrogens with one attached hydrogen (secondary N) is 1. The van der Waals surface area contributed by atoms with E-state index in [2.05, 4.69) is 15.3 Å². The van der Waals surface area contributed by atoms with E-state index < -0.39 is 5.91 Å². The van der Waals surface area contributed by atoms with E-state index in [9.17, 15) is 4.79 Å². The minimum Gasteiger partial charge on any atom is -0.479 e. The Bertz CT molecular complexity index is 1150. The molecule has 0 spiro atoms. The molecule has 35 heavy (non-hydrogen) atoms. The van der Waals surface area contributed by atoms with Gasteiger partial charge in [-0.05, 0) is 42.2 Å². The third kappa shape index (κ3) is 6.34. The van der Waals surface area contributed by atoms with Crippen molar-refractivity contribution in [2.24, 2.45) is 0 Å². The first-order chi connectivity index (χ1) is 16.8. The SMILES string of the molecule is COCCOc1nc(OC)c(NC(=O)c2ccc(Oc3cc(C(C)C)c(Cl)cc3C)o2)c(OC)n1. The first-order valence-electron chi connectivity index (χ1n) is 10.8. The van der Waals surface area contributed by atoms with Crippen LogP contribution in [0.15, 0.2) is 28.7 Å². The predicted octanol–water partition coefficient (Wildman–Crippen LogP) is 5.24. The number of halogens is 1. The summed E-state index contributed by atoms with van der Waals surface area (Å²) in [6, 6.07) is 6.76. The lowest BCUT2D eigenvalue weighted by Gasteiger charge is -2.14. The van der Waals surface area contributed by atoms with Crippen molar-refractivity contribution in [1.29, 1.82) is 0 Å². The van der Waals surface area contributed by atoms with Crippen molar-refractivity contribution >= 4 is 23.2 Å². The van der Waals surface area contributed by atoms with Crippen molar-refractivity contribution in [2.75, 3.05) is 39.9 Å². The molecule has 2 aromatic heterocycles. The number of methoxy groups -OCH3 is 3. The van der Waals surface area contributed by atoms with Gasteiger partial charge >= 0.3 is 6.01 Å². The Hall–Kier alpha value is -3.50. The third-order valence-corrected chi connectivity index (χ3v) is 5.23. The van der Waals surface area contributed by atoms with Gasteiger partial charge in [-0.1, -0.05) is 25.4 Å². The fourth-order valence-corrected chi connectivity index (χ4v) is 3.52. The van der Waals surface area contributed by atoms with E-state index in [1.54, 1.807) is 13.2 Å². The molecule has 0 fully saturated rings. The van der Waals surface area contributed by atoms with Gasteiger partial charge in [0.15, 0.2) is 11.4 Å².